The van der Waals surface area contributed by atoms with Crippen LogP contribution in [0.3, 0.4) is 0 Å². The first-order valence-electron chi connectivity index (χ1n) is 13.4. The molecule has 2 heterocycles. The number of benzene rings is 3. The minimum Gasteiger partial charge on any atom is -0.343 e. The summed E-state index contributed by atoms with van der Waals surface area (Å²) in [6.45, 7) is 7.01. The zero-order valence-electron chi connectivity index (χ0n) is 21.9. The fourth-order valence-corrected chi connectivity index (χ4v) is 6.04. The maximum Gasteiger partial charge on any atom is 0.246 e. The van der Waals surface area contributed by atoms with Crippen LogP contribution in [0.1, 0.15) is 43.4 Å². The molecule has 3 aromatic carbocycles. The van der Waals surface area contributed by atoms with Gasteiger partial charge in [-0.3, -0.25) is 9.59 Å². The Labute approximate surface area is 220 Å². The Morgan fingerprint density at radius 2 is 1.35 bits per heavy atom. The van der Waals surface area contributed by atoms with Crippen LogP contribution in [-0.2, 0) is 21.4 Å². The molecule has 0 unspecified atom stereocenters. The van der Waals surface area contributed by atoms with E-state index in [-0.39, 0.29) is 11.8 Å². The Morgan fingerprint density at radius 1 is 0.838 bits per heavy atom. The van der Waals surface area contributed by atoms with Crippen molar-refractivity contribution in [1.29, 1.82) is 0 Å². The third-order valence-corrected chi connectivity index (χ3v) is 8.46. The number of amides is 2. The second kappa shape index (κ2) is 10.5. The summed E-state index contributed by atoms with van der Waals surface area (Å²) in [4.78, 5) is 31.8. The highest BCUT2D eigenvalue weighted by Crippen LogP contribution is 2.39. The van der Waals surface area contributed by atoms with Gasteiger partial charge in [0.1, 0.15) is 11.6 Å². The van der Waals surface area contributed by atoms with Crippen molar-refractivity contribution in [3.63, 3.8) is 0 Å². The van der Waals surface area contributed by atoms with Gasteiger partial charge in [-0.1, -0.05) is 91.0 Å². The van der Waals surface area contributed by atoms with Gasteiger partial charge in [-0.25, -0.2) is 0 Å². The lowest BCUT2D eigenvalue weighted by atomic mass is 9.73. The van der Waals surface area contributed by atoms with Gasteiger partial charge < -0.3 is 15.1 Å². The minimum atomic E-state index is -0.822. The van der Waals surface area contributed by atoms with E-state index in [9.17, 15) is 9.59 Å². The van der Waals surface area contributed by atoms with Crippen molar-refractivity contribution in [2.24, 2.45) is 0 Å². The molecule has 37 heavy (non-hydrogen) atoms. The normalized spacial score (nSPS) is 20.2. The predicted molar refractivity (Wildman–Crippen MR) is 147 cm³/mol. The van der Waals surface area contributed by atoms with Crippen molar-refractivity contribution in [3.05, 3.63) is 108 Å². The van der Waals surface area contributed by atoms with Crippen LogP contribution >= 0.6 is 0 Å². The van der Waals surface area contributed by atoms with E-state index in [2.05, 4.69) is 65.7 Å². The number of piperidine rings is 1. The lowest BCUT2D eigenvalue weighted by Gasteiger charge is -2.53. The minimum absolute atomic E-state index is 0.00853. The number of rotatable bonds is 7. The topological polar surface area (TPSA) is 52.7 Å². The Balaban J connectivity index is 1.42. The molecule has 0 saturated carbocycles. The van der Waals surface area contributed by atoms with Crippen molar-refractivity contribution < 1.29 is 9.59 Å². The van der Waals surface area contributed by atoms with Crippen LogP contribution in [0.15, 0.2) is 91.0 Å². The Hall–Kier alpha value is -3.44. The van der Waals surface area contributed by atoms with Crippen LogP contribution < -0.4 is 5.32 Å². The summed E-state index contributed by atoms with van der Waals surface area (Å²) >= 11 is 0. The number of hydrogen-bond donors (Lipinski definition) is 1. The summed E-state index contributed by atoms with van der Waals surface area (Å²) in [5.41, 5.74) is 2.33. The van der Waals surface area contributed by atoms with Crippen molar-refractivity contribution in [2.45, 2.75) is 50.1 Å². The van der Waals surface area contributed by atoms with Gasteiger partial charge in [-0.05, 0) is 49.8 Å². The first kappa shape index (κ1) is 25.2. The fraction of sp³-hybridized carbons (Fsp3) is 0.375. The maximum atomic E-state index is 13.8. The molecule has 1 atom stereocenters. The second-order valence-corrected chi connectivity index (χ2v) is 10.8. The van der Waals surface area contributed by atoms with Crippen LogP contribution in [0, 0.1) is 0 Å². The molecule has 2 aliphatic heterocycles. The summed E-state index contributed by atoms with van der Waals surface area (Å²) in [6.07, 6.45) is 2.28. The molecule has 0 aliphatic carbocycles. The molecule has 5 rings (SSSR count). The van der Waals surface area contributed by atoms with E-state index in [0.717, 1.165) is 37.2 Å². The van der Waals surface area contributed by atoms with E-state index in [1.165, 1.54) is 5.56 Å². The summed E-state index contributed by atoms with van der Waals surface area (Å²) in [6, 6.07) is 30.7. The standard InChI is InChI=1S/C32H37N3O2/c1-25-29(36)35(24-31(2,27-14-8-4-9-15-27)28-16-10-5-11-17-28)32(30(37)33-25)19-22-34(23-20-32)21-18-26-12-6-3-7-13-26/h3-17,25H,18-24H2,1-2H3,(H,33,37)/t25-/m0/s1. The molecular formula is C32H37N3O2. The van der Waals surface area contributed by atoms with Crippen LogP contribution in [0.4, 0.5) is 0 Å². The second-order valence-electron chi connectivity index (χ2n) is 10.8. The molecule has 2 saturated heterocycles. The molecule has 1 spiro atoms. The maximum absolute atomic E-state index is 13.8. The molecule has 3 aromatic rings. The van der Waals surface area contributed by atoms with Crippen LogP contribution in [0.5, 0.6) is 0 Å². The van der Waals surface area contributed by atoms with E-state index in [4.69, 9.17) is 0 Å². The van der Waals surface area contributed by atoms with Gasteiger partial charge in [0.25, 0.3) is 0 Å². The van der Waals surface area contributed by atoms with Gasteiger partial charge in [0.05, 0.1) is 0 Å². The van der Waals surface area contributed by atoms with Gasteiger partial charge in [0.2, 0.25) is 11.8 Å². The van der Waals surface area contributed by atoms with Crippen molar-refractivity contribution in [2.75, 3.05) is 26.2 Å². The molecule has 192 valence electrons. The van der Waals surface area contributed by atoms with Crippen molar-refractivity contribution in [1.82, 2.24) is 15.1 Å². The summed E-state index contributed by atoms with van der Waals surface area (Å²) < 4.78 is 0. The number of nitrogens with one attached hydrogen (secondary N) is 1. The van der Waals surface area contributed by atoms with E-state index >= 15 is 0 Å². The number of carbonyl (C=O) groups is 2. The average molecular weight is 496 g/mol. The van der Waals surface area contributed by atoms with E-state index in [1.807, 2.05) is 47.4 Å². The molecule has 0 aromatic heterocycles. The Kier molecular flexibility index (Phi) is 7.16. The SMILES string of the molecule is C[C@@H]1NC(=O)C2(CCN(CCc3ccccc3)CC2)N(CC(C)(c2ccccc2)c2ccccc2)C1=O. The summed E-state index contributed by atoms with van der Waals surface area (Å²) in [7, 11) is 0. The zero-order chi connectivity index (χ0) is 25.9. The highest BCUT2D eigenvalue weighted by atomic mass is 16.2. The largest absolute Gasteiger partial charge is 0.343 e. The van der Waals surface area contributed by atoms with E-state index < -0.39 is 17.0 Å². The third-order valence-electron chi connectivity index (χ3n) is 8.46. The average Bonchev–Trinajstić information content (AvgIpc) is 2.95. The van der Waals surface area contributed by atoms with E-state index in [1.54, 1.807) is 6.92 Å². The number of carbonyl (C=O) groups excluding carboxylic acids is 2. The summed E-state index contributed by atoms with van der Waals surface area (Å²) in [5.74, 6) is 0.00112. The quantitative estimate of drug-likeness (QED) is 0.528. The molecule has 2 amide bonds. The van der Waals surface area contributed by atoms with Gasteiger partial charge in [-0.15, -0.1) is 0 Å². The van der Waals surface area contributed by atoms with Crippen LogP contribution in [0.2, 0.25) is 0 Å². The molecule has 2 aliphatic rings. The highest BCUT2D eigenvalue weighted by molar-refractivity contribution is 5.99. The smallest absolute Gasteiger partial charge is 0.246 e. The predicted octanol–water partition coefficient (Wildman–Crippen LogP) is 4.42. The lowest BCUT2D eigenvalue weighted by Crippen LogP contribution is -2.73. The zero-order valence-corrected chi connectivity index (χ0v) is 21.9. The van der Waals surface area contributed by atoms with Gasteiger partial charge in [-0.2, -0.15) is 0 Å². The van der Waals surface area contributed by atoms with Gasteiger partial charge in [0, 0.05) is 31.6 Å². The van der Waals surface area contributed by atoms with Gasteiger partial charge >= 0.3 is 0 Å². The summed E-state index contributed by atoms with van der Waals surface area (Å²) in [5, 5.41) is 3.01. The number of hydrogen-bond acceptors (Lipinski definition) is 3. The molecule has 0 bridgehead atoms. The van der Waals surface area contributed by atoms with Crippen LogP contribution in [-0.4, -0.2) is 59.4 Å². The van der Waals surface area contributed by atoms with Crippen LogP contribution in [0.25, 0.3) is 0 Å². The number of piperazine rings is 1. The molecule has 2 fully saturated rings. The first-order valence-corrected chi connectivity index (χ1v) is 13.4. The molecule has 5 heteroatoms. The number of nitrogens with zero attached hydrogens (tertiary/aromatic N) is 2. The lowest BCUT2D eigenvalue weighted by molar-refractivity contribution is -0.161. The highest BCUT2D eigenvalue weighted by Gasteiger charge is 2.54. The Bertz CT molecular complexity index is 1170. The van der Waals surface area contributed by atoms with Crippen molar-refractivity contribution >= 4 is 11.8 Å². The monoisotopic (exact) mass is 495 g/mol. The Morgan fingerprint density at radius 3 is 1.89 bits per heavy atom. The fourth-order valence-electron chi connectivity index (χ4n) is 6.04. The van der Waals surface area contributed by atoms with E-state index in [0.29, 0.717) is 19.4 Å². The first-order chi connectivity index (χ1) is 17.9. The molecule has 5 nitrogen and oxygen atoms in total. The molecule has 1 N–H and O–H groups in total. The molecular weight excluding hydrogens is 458 g/mol. The van der Waals surface area contributed by atoms with Crippen molar-refractivity contribution in [3.8, 4) is 0 Å². The third kappa shape index (κ3) is 4.93. The van der Waals surface area contributed by atoms with Gasteiger partial charge in [0.15, 0.2) is 0 Å². The number of likely N-dealkylation sites (tertiary alicyclic amines) is 1. The molecule has 0 radical (unpaired) electrons.